The van der Waals surface area contributed by atoms with Crippen molar-refractivity contribution in [3.05, 3.63) is 34.9 Å². The molecule has 1 aliphatic rings. The van der Waals surface area contributed by atoms with Gasteiger partial charge in [0.1, 0.15) is 0 Å². The Hall–Kier alpha value is -0.530. The summed E-state index contributed by atoms with van der Waals surface area (Å²) in [4.78, 5) is 0. The van der Waals surface area contributed by atoms with Crippen LogP contribution in [-0.2, 0) is 5.41 Å². The summed E-state index contributed by atoms with van der Waals surface area (Å²) in [6.45, 7) is 6.62. The van der Waals surface area contributed by atoms with E-state index in [1.54, 1.807) is 0 Å². The molecule has 1 nitrogen and oxygen atoms in total. The number of rotatable bonds is 4. The van der Waals surface area contributed by atoms with Crippen LogP contribution in [0.15, 0.2) is 24.3 Å². The quantitative estimate of drug-likeness (QED) is 0.851. The molecule has 0 aromatic heterocycles. The second-order valence-corrected chi connectivity index (χ2v) is 6.13. The van der Waals surface area contributed by atoms with E-state index in [1.807, 2.05) is 12.1 Å². The predicted molar refractivity (Wildman–Crippen MR) is 79.3 cm³/mol. The molecule has 1 saturated carbocycles. The molecule has 0 bridgehead atoms. The van der Waals surface area contributed by atoms with E-state index in [4.69, 9.17) is 11.6 Å². The summed E-state index contributed by atoms with van der Waals surface area (Å²) in [7, 11) is 0. The minimum absolute atomic E-state index is 0.251. The summed E-state index contributed by atoms with van der Waals surface area (Å²) < 4.78 is 0. The fourth-order valence-corrected chi connectivity index (χ4v) is 3.45. The van der Waals surface area contributed by atoms with Crippen molar-refractivity contribution >= 4 is 11.6 Å². The Balaban J connectivity index is 2.27. The van der Waals surface area contributed by atoms with E-state index in [1.165, 1.54) is 31.2 Å². The zero-order chi connectivity index (χ0) is 13.0. The third kappa shape index (κ3) is 2.89. The summed E-state index contributed by atoms with van der Waals surface area (Å²) in [6.07, 6.45) is 5.14. The normalized spacial score (nSPS) is 28.3. The first kappa shape index (κ1) is 13.9. The zero-order valence-electron chi connectivity index (χ0n) is 11.5. The maximum atomic E-state index is 6.43. The smallest absolute Gasteiger partial charge is 0.0444 e. The van der Waals surface area contributed by atoms with Crippen LogP contribution < -0.4 is 5.32 Å². The van der Waals surface area contributed by atoms with E-state index in [0.29, 0.717) is 0 Å². The maximum absolute atomic E-state index is 6.43. The molecule has 1 aromatic rings. The van der Waals surface area contributed by atoms with Gasteiger partial charge in [0.05, 0.1) is 0 Å². The van der Waals surface area contributed by atoms with Crippen molar-refractivity contribution in [3.8, 4) is 0 Å². The molecule has 2 rings (SSSR count). The van der Waals surface area contributed by atoms with E-state index < -0.39 is 0 Å². The third-order valence-corrected chi connectivity index (χ3v) is 4.72. The molecule has 1 fully saturated rings. The topological polar surface area (TPSA) is 12.0 Å². The van der Waals surface area contributed by atoms with Crippen LogP contribution in [0.3, 0.4) is 0 Å². The Morgan fingerprint density at radius 3 is 2.56 bits per heavy atom. The Kier molecular flexibility index (Phi) is 4.69. The van der Waals surface area contributed by atoms with Crippen molar-refractivity contribution in [2.45, 2.75) is 44.9 Å². The SMILES string of the molecule is CCNCC1(c2ccccc2Cl)CCC(C)CC1. The molecule has 0 saturated heterocycles. The van der Waals surface area contributed by atoms with Gasteiger partial charge in [-0.2, -0.15) is 0 Å². The third-order valence-electron chi connectivity index (χ3n) is 4.39. The molecule has 0 heterocycles. The van der Waals surface area contributed by atoms with Gasteiger partial charge >= 0.3 is 0 Å². The van der Waals surface area contributed by atoms with E-state index in [9.17, 15) is 0 Å². The average molecular weight is 266 g/mol. The molecule has 0 unspecified atom stereocenters. The minimum atomic E-state index is 0.251. The number of hydrogen-bond acceptors (Lipinski definition) is 1. The highest BCUT2D eigenvalue weighted by Crippen LogP contribution is 2.43. The lowest BCUT2D eigenvalue weighted by Crippen LogP contribution is -2.41. The van der Waals surface area contributed by atoms with E-state index >= 15 is 0 Å². The highest BCUT2D eigenvalue weighted by molar-refractivity contribution is 6.31. The molecule has 1 aliphatic carbocycles. The molecule has 0 radical (unpaired) electrons. The molecule has 1 N–H and O–H groups in total. The molecule has 0 aliphatic heterocycles. The largest absolute Gasteiger partial charge is 0.316 e. The molecule has 2 heteroatoms. The first-order valence-corrected chi connectivity index (χ1v) is 7.51. The predicted octanol–water partition coefficient (Wildman–Crippen LogP) is 4.40. The Bertz CT molecular complexity index is 375. The van der Waals surface area contributed by atoms with Crippen molar-refractivity contribution in [2.75, 3.05) is 13.1 Å². The van der Waals surface area contributed by atoms with Crippen molar-refractivity contribution in [3.63, 3.8) is 0 Å². The second kappa shape index (κ2) is 6.08. The summed E-state index contributed by atoms with van der Waals surface area (Å²) in [5.74, 6) is 0.863. The van der Waals surface area contributed by atoms with Gasteiger partial charge in [0.15, 0.2) is 0 Å². The standard InChI is InChI=1S/C16H24ClN/c1-3-18-12-16(10-8-13(2)9-11-16)14-6-4-5-7-15(14)17/h4-7,13,18H,3,8-12H2,1-2H3. The number of halogens is 1. The Morgan fingerprint density at radius 2 is 1.94 bits per heavy atom. The fourth-order valence-electron chi connectivity index (χ4n) is 3.11. The van der Waals surface area contributed by atoms with Gasteiger partial charge < -0.3 is 5.32 Å². The van der Waals surface area contributed by atoms with Crippen LogP contribution in [0.4, 0.5) is 0 Å². The molecule has 0 spiro atoms. The monoisotopic (exact) mass is 265 g/mol. The fraction of sp³-hybridized carbons (Fsp3) is 0.625. The van der Waals surface area contributed by atoms with Gasteiger partial charge in [-0.25, -0.2) is 0 Å². The van der Waals surface area contributed by atoms with Crippen LogP contribution >= 0.6 is 11.6 Å². The maximum Gasteiger partial charge on any atom is 0.0444 e. The van der Waals surface area contributed by atoms with Crippen LogP contribution in [0, 0.1) is 5.92 Å². The summed E-state index contributed by atoms with van der Waals surface area (Å²) in [5, 5.41) is 4.48. The van der Waals surface area contributed by atoms with Gasteiger partial charge in [-0.1, -0.05) is 43.6 Å². The summed E-state index contributed by atoms with van der Waals surface area (Å²) in [5.41, 5.74) is 1.60. The van der Waals surface area contributed by atoms with Crippen LogP contribution in [0.25, 0.3) is 0 Å². The van der Waals surface area contributed by atoms with Crippen LogP contribution in [0.5, 0.6) is 0 Å². The van der Waals surface area contributed by atoms with Gasteiger partial charge in [0.2, 0.25) is 0 Å². The molecule has 1 aromatic carbocycles. The Morgan fingerprint density at radius 1 is 1.28 bits per heavy atom. The minimum Gasteiger partial charge on any atom is -0.316 e. The first-order valence-electron chi connectivity index (χ1n) is 7.14. The average Bonchev–Trinajstić information content (AvgIpc) is 2.39. The van der Waals surface area contributed by atoms with Crippen molar-refractivity contribution < 1.29 is 0 Å². The van der Waals surface area contributed by atoms with Crippen molar-refractivity contribution in [1.29, 1.82) is 0 Å². The van der Waals surface area contributed by atoms with E-state index in [0.717, 1.165) is 24.0 Å². The molecule has 0 amide bonds. The van der Waals surface area contributed by atoms with Crippen LogP contribution in [0.1, 0.15) is 45.1 Å². The molecular weight excluding hydrogens is 242 g/mol. The lowest BCUT2D eigenvalue weighted by molar-refractivity contribution is 0.235. The first-order chi connectivity index (χ1) is 8.68. The summed E-state index contributed by atoms with van der Waals surface area (Å²) >= 11 is 6.43. The van der Waals surface area contributed by atoms with Crippen LogP contribution in [-0.4, -0.2) is 13.1 Å². The van der Waals surface area contributed by atoms with Crippen LogP contribution in [0.2, 0.25) is 5.02 Å². The van der Waals surface area contributed by atoms with E-state index in [-0.39, 0.29) is 5.41 Å². The van der Waals surface area contributed by atoms with Gasteiger partial charge in [0.25, 0.3) is 0 Å². The lowest BCUT2D eigenvalue weighted by atomic mass is 9.67. The van der Waals surface area contributed by atoms with E-state index in [2.05, 4.69) is 31.3 Å². The molecule has 18 heavy (non-hydrogen) atoms. The highest BCUT2D eigenvalue weighted by atomic mass is 35.5. The number of hydrogen-bond donors (Lipinski definition) is 1. The summed E-state index contributed by atoms with van der Waals surface area (Å²) in [6, 6.07) is 8.39. The Labute approximate surface area is 116 Å². The van der Waals surface area contributed by atoms with Gasteiger partial charge in [-0.15, -0.1) is 0 Å². The zero-order valence-corrected chi connectivity index (χ0v) is 12.3. The number of nitrogens with one attached hydrogen (secondary N) is 1. The van der Waals surface area contributed by atoms with Gasteiger partial charge in [0, 0.05) is 17.0 Å². The van der Waals surface area contributed by atoms with Crippen molar-refractivity contribution in [1.82, 2.24) is 5.32 Å². The van der Waals surface area contributed by atoms with Crippen molar-refractivity contribution in [2.24, 2.45) is 5.92 Å². The molecular formula is C16H24ClN. The molecule has 0 atom stereocenters. The second-order valence-electron chi connectivity index (χ2n) is 5.72. The van der Waals surface area contributed by atoms with Gasteiger partial charge in [-0.3, -0.25) is 0 Å². The number of likely N-dealkylation sites (N-methyl/N-ethyl adjacent to an activating group) is 1. The number of benzene rings is 1. The molecule has 100 valence electrons. The van der Waals surface area contributed by atoms with Gasteiger partial charge in [-0.05, 0) is 49.8 Å². The lowest BCUT2D eigenvalue weighted by Gasteiger charge is -2.40. The highest BCUT2D eigenvalue weighted by Gasteiger charge is 2.36.